The lowest BCUT2D eigenvalue weighted by molar-refractivity contribution is 0.628. The summed E-state index contributed by atoms with van der Waals surface area (Å²) >= 11 is 14.1. The van der Waals surface area contributed by atoms with Crippen molar-refractivity contribution >= 4 is 35.0 Å². The maximum Gasteiger partial charge on any atom is 0.142 e. The molecule has 0 aliphatic rings. The molecular formula is C14H13Cl2FN2S. The molecule has 2 aromatic rings. The molecule has 0 aliphatic carbocycles. The van der Waals surface area contributed by atoms with E-state index in [1.54, 1.807) is 23.9 Å². The van der Waals surface area contributed by atoms with E-state index < -0.39 is 0 Å². The van der Waals surface area contributed by atoms with Crippen molar-refractivity contribution in [3.8, 4) is 11.1 Å². The van der Waals surface area contributed by atoms with Gasteiger partial charge in [-0.1, -0.05) is 42.3 Å². The van der Waals surface area contributed by atoms with Gasteiger partial charge < -0.3 is 0 Å². The fourth-order valence-corrected chi connectivity index (χ4v) is 3.06. The predicted octanol–water partition coefficient (Wildman–Crippen LogP) is 5.23. The van der Waals surface area contributed by atoms with E-state index in [0.717, 1.165) is 12.2 Å². The Morgan fingerprint density at radius 2 is 1.70 bits per heavy atom. The number of halogens is 3. The third-order valence-electron chi connectivity index (χ3n) is 2.58. The first-order valence-electron chi connectivity index (χ1n) is 6.17. The molecule has 0 saturated carbocycles. The van der Waals surface area contributed by atoms with Gasteiger partial charge in [0.15, 0.2) is 0 Å². The normalized spacial score (nSPS) is 10.8. The van der Waals surface area contributed by atoms with Crippen LogP contribution in [0, 0.1) is 5.82 Å². The average molecular weight is 331 g/mol. The monoisotopic (exact) mass is 330 g/mol. The van der Waals surface area contributed by atoms with Crippen molar-refractivity contribution < 1.29 is 4.39 Å². The molecule has 2 rings (SSSR count). The summed E-state index contributed by atoms with van der Waals surface area (Å²) in [5.41, 5.74) is 1.24. The minimum absolute atomic E-state index is 0.295. The van der Waals surface area contributed by atoms with Crippen LogP contribution < -0.4 is 0 Å². The fourth-order valence-electron chi connectivity index (χ4n) is 1.68. The molecule has 1 heterocycles. The molecule has 0 unspecified atom stereocenters. The Hall–Kier alpha value is -0.840. The lowest BCUT2D eigenvalue weighted by Crippen LogP contribution is -1.97. The van der Waals surface area contributed by atoms with Gasteiger partial charge in [-0.25, -0.2) is 14.4 Å². The second-order valence-corrected chi connectivity index (χ2v) is 5.98. The van der Waals surface area contributed by atoms with Gasteiger partial charge in [-0.2, -0.15) is 11.8 Å². The van der Waals surface area contributed by atoms with Crippen LogP contribution in [0.15, 0.2) is 24.3 Å². The average Bonchev–Trinajstić information content (AvgIpc) is 2.40. The summed E-state index contributed by atoms with van der Waals surface area (Å²) in [6, 6.07) is 5.93. The first kappa shape index (κ1) is 15.5. The Bertz CT molecular complexity index is 567. The molecule has 0 aliphatic heterocycles. The number of nitrogens with zero attached hydrogens (tertiary/aromatic N) is 2. The van der Waals surface area contributed by atoms with E-state index in [1.165, 1.54) is 12.1 Å². The Labute approximate surface area is 131 Å². The summed E-state index contributed by atoms with van der Waals surface area (Å²) in [6.45, 7) is 2.12. The van der Waals surface area contributed by atoms with Crippen LogP contribution in [-0.2, 0) is 5.75 Å². The minimum atomic E-state index is -0.311. The first-order valence-corrected chi connectivity index (χ1v) is 8.08. The van der Waals surface area contributed by atoms with Gasteiger partial charge in [0, 0.05) is 0 Å². The number of hydrogen-bond acceptors (Lipinski definition) is 3. The number of thioether (sulfide) groups is 1. The van der Waals surface area contributed by atoms with Crippen molar-refractivity contribution in [2.75, 3.05) is 5.75 Å². The van der Waals surface area contributed by atoms with Gasteiger partial charge in [-0.15, -0.1) is 0 Å². The van der Waals surface area contributed by atoms with Crippen LogP contribution in [0.5, 0.6) is 0 Å². The highest BCUT2D eigenvalue weighted by Crippen LogP contribution is 2.32. The quantitative estimate of drug-likeness (QED) is 0.554. The zero-order valence-corrected chi connectivity index (χ0v) is 13.2. The summed E-state index contributed by atoms with van der Waals surface area (Å²) in [7, 11) is 0. The number of hydrogen-bond donors (Lipinski definition) is 0. The lowest BCUT2D eigenvalue weighted by atomic mass is 10.1. The highest BCUT2D eigenvalue weighted by molar-refractivity contribution is 7.98. The van der Waals surface area contributed by atoms with Crippen LogP contribution in [0.2, 0.25) is 10.3 Å². The molecule has 0 atom stereocenters. The Morgan fingerprint density at radius 3 is 2.25 bits per heavy atom. The van der Waals surface area contributed by atoms with Gasteiger partial charge in [0.25, 0.3) is 0 Å². The molecule has 0 N–H and O–H groups in total. The van der Waals surface area contributed by atoms with Crippen LogP contribution in [0.4, 0.5) is 4.39 Å². The van der Waals surface area contributed by atoms with Gasteiger partial charge in [0.1, 0.15) is 21.9 Å². The molecule has 0 radical (unpaired) electrons. The summed E-state index contributed by atoms with van der Waals surface area (Å²) in [4.78, 5) is 8.52. The van der Waals surface area contributed by atoms with Crippen molar-refractivity contribution in [1.29, 1.82) is 0 Å². The van der Waals surface area contributed by atoms with Crippen molar-refractivity contribution in [3.63, 3.8) is 0 Å². The molecule has 2 nitrogen and oxygen atoms in total. The van der Waals surface area contributed by atoms with Gasteiger partial charge in [-0.05, 0) is 29.9 Å². The number of aromatic nitrogens is 2. The van der Waals surface area contributed by atoms with E-state index in [0.29, 0.717) is 33.0 Å². The van der Waals surface area contributed by atoms with E-state index in [2.05, 4.69) is 16.9 Å². The van der Waals surface area contributed by atoms with E-state index >= 15 is 0 Å². The number of benzene rings is 1. The van der Waals surface area contributed by atoms with Gasteiger partial charge >= 0.3 is 0 Å². The second kappa shape index (κ2) is 7.25. The Kier molecular flexibility index (Phi) is 5.64. The summed E-state index contributed by atoms with van der Waals surface area (Å²) in [5.74, 6) is 2.02. The van der Waals surface area contributed by atoms with Gasteiger partial charge in [-0.3, -0.25) is 0 Å². The smallest absolute Gasteiger partial charge is 0.142 e. The molecule has 6 heteroatoms. The van der Waals surface area contributed by atoms with Crippen molar-refractivity contribution in [1.82, 2.24) is 9.97 Å². The van der Waals surface area contributed by atoms with Crippen molar-refractivity contribution in [2.45, 2.75) is 19.1 Å². The highest BCUT2D eigenvalue weighted by Gasteiger charge is 2.13. The van der Waals surface area contributed by atoms with Crippen LogP contribution in [-0.4, -0.2) is 15.7 Å². The van der Waals surface area contributed by atoms with Gasteiger partial charge in [0.05, 0.1) is 11.3 Å². The highest BCUT2D eigenvalue weighted by atomic mass is 35.5. The van der Waals surface area contributed by atoms with Crippen molar-refractivity contribution in [3.05, 3.63) is 46.2 Å². The maximum atomic E-state index is 12.9. The molecule has 0 fully saturated rings. The van der Waals surface area contributed by atoms with Crippen molar-refractivity contribution in [2.24, 2.45) is 0 Å². The zero-order chi connectivity index (χ0) is 14.5. The predicted molar refractivity (Wildman–Crippen MR) is 83.9 cm³/mol. The largest absolute Gasteiger partial charge is 0.220 e. The van der Waals surface area contributed by atoms with Gasteiger partial charge in [0.2, 0.25) is 0 Å². The first-order chi connectivity index (χ1) is 9.61. The molecule has 0 spiro atoms. The topological polar surface area (TPSA) is 25.8 Å². The number of rotatable bonds is 5. The summed E-state index contributed by atoms with van der Waals surface area (Å²) < 4.78 is 12.9. The fraction of sp³-hybridized carbons (Fsp3) is 0.286. The maximum absolute atomic E-state index is 12.9. The standard InChI is InChI=1S/C14H13Cl2FN2S/c1-2-7-20-8-11-18-13(15)12(14(16)19-11)9-3-5-10(17)6-4-9/h3-6H,2,7-8H2,1H3. The minimum Gasteiger partial charge on any atom is -0.220 e. The molecule has 20 heavy (non-hydrogen) atoms. The van der Waals surface area contributed by atoms with Crippen LogP contribution in [0.1, 0.15) is 19.2 Å². The molecule has 1 aromatic carbocycles. The summed E-state index contributed by atoms with van der Waals surface area (Å²) in [5, 5.41) is 0.590. The molecule has 1 aromatic heterocycles. The lowest BCUT2D eigenvalue weighted by Gasteiger charge is -2.08. The zero-order valence-electron chi connectivity index (χ0n) is 10.9. The third kappa shape index (κ3) is 3.84. The van der Waals surface area contributed by atoms with Crippen LogP contribution in [0.3, 0.4) is 0 Å². The van der Waals surface area contributed by atoms with E-state index in [1.807, 2.05) is 0 Å². The van der Waals surface area contributed by atoms with E-state index in [9.17, 15) is 4.39 Å². The molecule has 106 valence electrons. The third-order valence-corrected chi connectivity index (χ3v) is 4.29. The Balaban J connectivity index is 2.29. The molecule has 0 saturated heterocycles. The van der Waals surface area contributed by atoms with Crippen LogP contribution in [0.25, 0.3) is 11.1 Å². The summed E-state index contributed by atoms with van der Waals surface area (Å²) in [6.07, 6.45) is 1.10. The Morgan fingerprint density at radius 1 is 1.10 bits per heavy atom. The van der Waals surface area contributed by atoms with Crippen LogP contribution >= 0.6 is 35.0 Å². The van der Waals surface area contributed by atoms with E-state index in [-0.39, 0.29) is 5.82 Å². The second-order valence-electron chi connectivity index (χ2n) is 4.16. The molecule has 0 amide bonds. The van der Waals surface area contributed by atoms with E-state index in [4.69, 9.17) is 23.2 Å². The molecule has 0 bridgehead atoms. The SMILES string of the molecule is CCCSCc1nc(Cl)c(-c2ccc(F)cc2)c(Cl)n1. The molecular weight excluding hydrogens is 318 g/mol.